The number of ether oxygens (including phenoxy) is 2. The average Bonchev–Trinajstić information content (AvgIpc) is 2.61. The smallest absolute Gasteiger partial charge is 0.108 e. The predicted molar refractivity (Wildman–Crippen MR) is 94.5 cm³/mol. The van der Waals surface area contributed by atoms with Gasteiger partial charge in [-0.2, -0.15) is 11.8 Å². The lowest BCUT2D eigenvalue weighted by atomic mass is 10.2. The fourth-order valence-corrected chi connectivity index (χ4v) is 3.35. The van der Waals surface area contributed by atoms with Crippen LogP contribution < -0.4 is 0 Å². The minimum Gasteiger partial charge on any atom is -0.371 e. The summed E-state index contributed by atoms with van der Waals surface area (Å²) < 4.78 is 11.7. The van der Waals surface area contributed by atoms with Gasteiger partial charge in [0.2, 0.25) is 0 Å². The summed E-state index contributed by atoms with van der Waals surface area (Å²) in [6.07, 6.45) is 3.64. The Bertz CT molecular complexity index is 490. The van der Waals surface area contributed by atoms with Crippen molar-refractivity contribution in [1.82, 2.24) is 9.97 Å². The van der Waals surface area contributed by atoms with Crippen molar-refractivity contribution >= 4 is 11.8 Å². The van der Waals surface area contributed by atoms with Gasteiger partial charge in [0.05, 0.1) is 11.4 Å². The number of hydrogen-bond acceptors (Lipinski definition) is 5. The molecular weight excluding hydrogens is 308 g/mol. The molecule has 5 heteroatoms. The fourth-order valence-electron chi connectivity index (χ4n) is 2.26. The first-order chi connectivity index (χ1) is 11.3. The zero-order valence-corrected chi connectivity index (χ0v) is 14.5. The van der Waals surface area contributed by atoms with Crippen LogP contribution in [-0.2, 0) is 9.47 Å². The lowest BCUT2D eigenvalue weighted by molar-refractivity contribution is 0.0730. The van der Waals surface area contributed by atoms with Gasteiger partial charge < -0.3 is 9.47 Å². The summed E-state index contributed by atoms with van der Waals surface area (Å²) in [4.78, 5) is 8.82. The number of thioether (sulfide) groups is 1. The van der Waals surface area contributed by atoms with Crippen molar-refractivity contribution in [3.63, 3.8) is 0 Å². The maximum atomic E-state index is 5.84. The van der Waals surface area contributed by atoms with Crippen LogP contribution in [0.1, 0.15) is 37.4 Å². The summed E-state index contributed by atoms with van der Waals surface area (Å²) in [5.41, 5.74) is 1.96. The van der Waals surface area contributed by atoms with E-state index in [-0.39, 0.29) is 12.2 Å². The van der Waals surface area contributed by atoms with E-state index in [9.17, 15) is 0 Å². The summed E-state index contributed by atoms with van der Waals surface area (Å²) in [6.45, 7) is 5.38. The molecule has 2 aromatic heterocycles. The van der Waals surface area contributed by atoms with Crippen molar-refractivity contribution < 1.29 is 9.47 Å². The second-order valence-corrected chi connectivity index (χ2v) is 6.01. The van der Waals surface area contributed by atoms with Gasteiger partial charge in [-0.25, -0.2) is 0 Å². The third kappa shape index (κ3) is 5.94. The molecule has 23 heavy (non-hydrogen) atoms. The summed E-state index contributed by atoms with van der Waals surface area (Å²) in [7, 11) is 0. The van der Waals surface area contributed by atoms with Gasteiger partial charge in [0, 0.05) is 37.1 Å². The largest absolute Gasteiger partial charge is 0.371 e. The molecule has 0 bridgehead atoms. The van der Waals surface area contributed by atoms with Gasteiger partial charge in [0.1, 0.15) is 12.2 Å². The Kier molecular flexibility index (Phi) is 8.07. The molecule has 0 fully saturated rings. The van der Waals surface area contributed by atoms with Crippen LogP contribution in [0.15, 0.2) is 48.8 Å². The molecule has 2 atom stereocenters. The van der Waals surface area contributed by atoms with E-state index in [4.69, 9.17) is 9.47 Å². The maximum absolute atomic E-state index is 5.84. The standard InChI is InChI=1S/C18H24N2O2S/c1-3-21-17(15-9-5-7-11-19-15)13-23-14-18(22-4-2)16-10-6-8-12-20-16/h5-12,17-18H,3-4,13-14H2,1-2H3. The van der Waals surface area contributed by atoms with Crippen LogP contribution in [-0.4, -0.2) is 34.7 Å². The molecule has 0 saturated heterocycles. The van der Waals surface area contributed by atoms with Crippen LogP contribution in [0.5, 0.6) is 0 Å². The van der Waals surface area contributed by atoms with E-state index < -0.39 is 0 Å². The maximum Gasteiger partial charge on any atom is 0.108 e. The predicted octanol–water partition coefficient (Wildman–Crippen LogP) is 4.07. The number of hydrogen-bond donors (Lipinski definition) is 0. The quantitative estimate of drug-likeness (QED) is 0.656. The van der Waals surface area contributed by atoms with E-state index in [2.05, 4.69) is 9.97 Å². The molecule has 0 aromatic carbocycles. The van der Waals surface area contributed by atoms with E-state index in [1.165, 1.54) is 0 Å². The molecule has 0 aliphatic heterocycles. The molecule has 124 valence electrons. The van der Waals surface area contributed by atoms with Crippen molar-refractivity contribution in [2.45, 2.75) is 26.1 Å². The third-order valence-electron chi connectivity index (χ3n) is 3.31. The highest BCUT2D eigenvalue weighted by Gasteiger charge is 2.17. The summed E-state index contributed by atoms with van der Waals surface area (Å²) in [6, 6.07) is 11.9. The van der Waals surface area contributed by atoms with Crippen LogP contribution in [0.25, 0.3) is 0 Å². The topological polar surface area (TPSA) is 44.2 Å². The summed E-state index contributed by atoms with van der Waals surface area (Å²) >= 11 is 1.81. The summed E-state index contributed by atoms with van der Waals surface area (Å²) in [5, 5.41) is 0. The van der Waals surface area contributed by atoms with Gasteiger partial charge in [-0.15, -0.1) is 0 Å². The Morgan fingerprint density at radius 3 is 1.65 bits per heavy atom. The Morgan fingerprint density at radius 2 is 1.30 bits per heavy atom. The van der Waals surface area contributed by atoms with Crippen molar-refractivity contribution in [2.24, 2.45) is 0 Å². The van der Waals surface area contributed by atoms with E-state index in [0.29, 0.717) is 13.2 Å². The molecule has 4 nitrogen and oxygen atoms in total. The summed E-state index contributed by atoms with van der Waals surface area (Å²) in [5.74, 6) is 1.70. The SMILES string of the molecule is CCOC(CSCC(OCC)c1ccccn1)c1ccccn1. The lowest BCUT2D eigenvalue weighted by Crippen LogP contribution is -2.13. The van der Waals surface area contributed by atoms with E-state index in [0.717, 1.165) is 22.9 Å². The molecular formula is C18H24N2O2S. The Balaban J connectivity index is 1.92. The first-order valence-corrected chi connectivity index (χ1v) is 9.13. The molecule has 2 unspecified atom stereocenters. The molecule has 0 aliphatic rings. The molecule has 0 saturated carbocycles. The molecule has 0 N–H and O–H groups in total. The third-order valence-corrected chi connectivity index (χ3v) is 4.39. The normalized spacial score (nSPS) is 13.7. The molecule has 2 heterocycles. The molecule has 0 radical (unpaired) electrons. The van der Waals surface area contributed by atoms with Gasteiger partial charge in [0.25, 0.3) is 0 Å². The average molecular weight is 332 g/mol. The number of nitrogens with zero attached hydrogens (tertiary/aromatic N) is 2. The number of aromatic nitrogens is 2. The number of rotatable bonds is 10. The van der Waals surface area contributed by atoms with Gasteiger partial charge in [-0.1, -0.05) is 12.1 Å². The van der Waals surface area contributed by atoms with Crippen LogP contribution in [0, 0.1) is 0 Å². The Hall–Kier alpha value is -1.43. The monoisotopic (exact) mass is 332 g/mol. The minimum atomic E-state index is 0.0113. The van der Waals surface area contributed by atoms with Crippen LogP contribution >= 0.6 is 11.8 Å². The van der Waals surface area contributed by atoms with E-state index in [1.54, 1.807) is 0 Å². The van der Waals surface area contributed by atoms with Crippen LogP contribution in [0.4, 0.5) is 0 Å². The number of pyridine rings is 2. The first kappa shape index (κ1) is 17.9. The Morgan fingerprint density at radius 1 is 0.826 bits per heavy atom. The molecule has 2 rings (SSSR count). The van der Waals surface area contributed by atoms with E-state index in [1.807, 2.05) is 74.4 Å². The van der Waals surface area contributed by atoms with Crippen LogP contribution in [0.2, 0.25) is 0 Å². The molecule has 0 amide bonds. The second-order valence-electron chi connectivity index (χ2n) is 4.93. The molecule has 0 spiro atoms. The fraction of sp³-hybridized carbons (Fsp3) is 0.444. The highest BCUT2D eigenvalue weighted by atomic mass is 32.2. The second kappa shape index (κ2) is 10.4. The van der Waals surface area contributed by atoms with E-state index >= 15 is 0 Å². The van der Waals surface area contributed by atoms with Gasteiger partial charge in [-0.3, -0.25) is 9.97 Å². The highest BCUT2D eigenvalue weighted by molar-refractivity contribution is 7.99. The van der Waals surface area contributed by atoms with Gasteiger partial charge >= 0.3 is 0 Å². The van der Waals surface area contributed by atoms with Crippen LogP contribution in [0.3, 0.4) is 0 Å². The first-order valence-electron chi connectivity index (χ1n) is 7.98. The van der Waals surface area contributed by atoms with Crippen molar-refractivity contribution in [3.8, 4) is 0 Å². The lowest BCUT2D eigenvalue weighted by Gasteiger charge is -2.19. The van der Waals surface area contributed by atoms with Gasteiger partial charge in [0.15, 0.2) is 0 Å². The zero-order valence-electron chi connectivity index (χ0n) is 13.7. The molecule has 2 aromatic rings. The van der Waals surface area contributed by atoms with Crippen molar-refractivity contribution in [2.75, 3.05) is 24.7 Å². The van der Waals surface area contributed by atoms with Crippen molar-refractivity contribution in [1.29, 1.82) is 0 Å². The highest BCUT2D eigenvalue weighted by Crippen LogP contribution is 2.25. The van der Waals surface area contributed by atoms with Crippen molar-refractivity contribution in [3.05, 3.63) is 60.2 Å². The van der Waals surface area contributed by atoms with Gasteiger partial charge in [-0.05, 0) is 38.1 Å². The zero-order chi connectivity index (χ0) is 16.3. The Labute approximate surface area is 142 Å². The minimum absolute atomic E-state index is 0.0113. The molecule has 0 aliphatic carbocycles.